The van der Waals surface area contributed by atoms with Crippen LogP contribution in [0.2, 0.25) is 0 Å². The molecule has 20 heavy (non-hydrogen) atoms. The van der Waals surface area contributed by atoms with Gasteiger partial charge >= 0.3 is 0 Å². The van der Waals surface area contributed by atoms with E-state index >= 15 is 0 Å². The van der Waals surface area contributed by atoms with E-state index in [1.807, 2.05) is 6.08 Å². The van der Waals surface area contributed by atoms with Crippen LogP contribution in [0.5, 0.6) is 5.75 Å². The molecule has 0 unspecified atom stereocenters. The summed E-state index contributed by atoms with van der Waals surface area (Å²) in [7, 11) is 3.25. The molecule has 1 aliphatic heterocycles. The van der Waals surface area contributed by atoms with Crippen LogP contribution in [0.1, 0.15) is 16.8 Å². The molecular weight excluding hydrogens is 256 g/mol. The molecule has 0 aromatic heterocycles. The van der Waals surface area contributed by atoms with Crippen molar-refractivity contribution in [2.75, 3.05) is 39.6 Å². The summed E-state index contributed by atoms with van der Waals surface area (Å²) in [6.45, 7) is 1.93. The highest BCUT2D eigenvalue weighted by Crippen LogP contribution is 2.22. The number of ether oxygens (including phenoxy) is 2. The van der Waals surface area contributed by atoms with Crippen LogP contribution in [-0.2, 0) is 4.74 Å². The number of nitrogen functional groups attached to an aromatic ring is 1. The second kappa shape index (κ2) is 6.43. The fourth-order valence-corrected chi connectivity index (χ4v) is 2.25. The SMILES string of the molecule is COCC1=CCN(C(=O)c2ccc(OC)cc2N)CC1. The zero-order chi connectivity index (χ0) is 14.5. The summed E-state index contributed by atoms with van der Waals surface area (Å²) in [5.41, 5.74) is 8.12. The number of carbonyl (C=O) groups excluding carboxylic acids is 1. The predicted molar refractivity (Wildman–Crippen MR) is 77.9 cm³/mol. The van der Waals surface area contributed by atoms with Crippen LogP contribution in [-0.4, -0.2) is 44.7 Å². The van der Waals surface area contributed by atoms with Gasteiger partial charge in [0.25, 0.3) is 5.91 Å². The zero-order valence-corrected chi connectivity index (χ0v) is 11.9. The van der Waals surface area contributed by atoms with E-state index in [0.29, 0.717) is 36.7 Å². The summed E-state index contributed by atoms with van der Waals surface area (Å²) < 4.78 is 10.2. The minimum atomic E-state index is -0.0436. The standard InChI is InChI=1S/C15H20N2O3/c1-19-10-11-5-7-17(8-6-11)15(18)13-4-3-12(20-2)9-14(13)16/h3-5,9H,6-8,10,16H2,1-2H3. The van der Waals surface area contributed by atoms with E-state index in [9.17, 15) is 4.79 Å². The van der Waals surface area contributed by atoms with Crippen molar-refractivity contribution in [3.63, 3.8) is 0 Å². The molecule has 0 bridgehead atoms. The molecule has 0 atom stereocenters. The molecule has 0 radical (unpaired) electrons. The quantitative estimate of drug-likeness (QED) is 0.671. The highest BCUT2D eigenvalue weighted by Gasteiger charge is 2.20. The second-order valence-corrected chi connectivity index (χ2v) is 4.75. The van der Waals surface area contributed by atoms with Crippen LogP contribution >= 0.6 is 0 Å². The zero-order valence-electron chi connectivity index (χ0n) is 11.9. The lowest BCUT2D eigenvalue weighted by Crippen LogP contribution is -2.35. The number of hydrogen-bond donors (Lipinski definition) is 1. The third-order valence-corrected chi connectivity index (χ3v) is 3.41. The first-order valence-corrected chi connectivity index (χ1v) is 6.55. The predicted octanol–water partition coefficient (Wildman–Crippen LogP) is 1.70. The van der Waals surface area contributed by atoms with Gasteiger partial charge in [-0.05, 0) is 24.1 Å². The van der Waals surface area contributed by atoms with Gasteiger partial charge in [0, 0.05) is 32.0 Å². The summed E-state index contributed by atoms with van der Waals surface area (Å²) in [4.78, 5) is 14.2. The lowest BCUT2D eigenvalue weighted by molar-refractivity contribution is 0.0766. The van der Waals surface area contributed by atoms with Crippen LogP contribution in [0.4, 0.5) is 5.69 Å². The molecule has 0 saturated heterocycles. The summed E-state index contributed by atoms with van der Waals surface area (Å²) in [5.74, 6) is 0.609. The lowest BCUT2D eigenvalue weighted by Gasteiger charge is -2.27. The number of nitrogens with zero attached hydrogens (tertiary/aromatic N) is 1. The molecule has 0 saturated carbocycles. The van der Waals surface area contributed by atoms with Crippen LogP contribution in [0, 0.1) is 0 Å². The molecule has 1 heterocycles. The first-order chi connectivity index (χ1) is 9.65. The number of anilines is 1. The first-order valence-electron chi connectivity index (χ1n) is 6.55. The van der Waals surface area contributed by atoms with Gasteiger partial charge < -0.3 is 20.1 Å². The van der Waals surface area contributed by atoms with E-state index in [1.165, 1.54) is 5.57 Å². The van der Waals surface area contributed by atoms with Crippen molar-refractivity contribution < 1.29 is 14.3 Å². The van der Waals surface area contributed by atoms with Crippen molar-refractivity contribution in [3.05, 3.63) is 35.4 Å². The maximum absolute atomic E-state index is 12.4. The molecule has 0 spiro atoms. The Bertz CT molecular complexity index is 526. The Hall–Kier alpha value is -2.01. The van der Waals surface area contributed by atoms with Gasteiger partial charge in [0.05, 0.1) is 19.3 Å². The molecule has 1 aromatic rings. The fraction of sp³-hybridized carbons (Fsp3) is 0.400. The first kappa shape index (κ1) is 14.4. The summed E-state index contributed by atoms with van der Waals surface area (Å²) in [6.07, 6.45) is 2.89. The maximum atomic E-state index is 12.4. The smallest absolute Gasteiger partial charge is 0.256 e. The Morgan fingerprint density at radius 2 is 2.20 bits per heavy atom. The largest absolute Gasteiger partial charge is 0.497 e. The van der Waals surface area contributed by atoms with E-state index in [1.54, 1.807) is 37.3 Å². The number of carbonyl (C=O) groups is 1. The maximum Gasteiger partial charge on any atom is 0.256 e. The monoisotopic (exact) mass is 276 g/mol. The van der Waals surface area contributed by atoms with Gasteiger partial charge in [-0.3, -0.25) is 4.79 Å². The molecule has 5 heteroatoms. The van der Waals surface area contributed by atoms with E-state index in [0.717, 1.165) is 6.42 Å². The average molecular weight is 276 g/mol. The van der Waals surface area contributed by atoms with Gasteiger partial charge in [0.1, 0.15) is 5.75 Å². The van der Waals surface area contributed by atoms with Crippen LogP contribution in [0.3, 0.4) is 0 Å². The van der Waals surface area contributed by atoms with E-state index in [4.69, 9.17) is 15.2 Å². The molecule has 5 nitrogen and oxygen atoms in total. The van der Waals surface area contributed by atoms with E-state index in [2.05, 4.69) is 0 Å². The van der Waals surface area contributed by atoms with E-state index in [-0.39, 0.29) is 5.91 Å². The number of amides is 1. The lowest BCUT2D eigenvalue weighted by atomic mass is 10.1. The van der Waals surface area contributed by atoms with Crippen LogP contribution < -0.4 is 10.5 Å². The Kier molecular flexibility index (Phi) is 4.63. The number of nitrogens with two attached hydrogens (primary N) is 1. The van der Waals surface area contributed by atoms with Crippen molar-refractivity contribution in [3.8, 4) is 5.75 Å². The number of hydrogen-bond acceptors (Lipinski definition) is 4. The Balaban J connectivity index is 2.09. The molecule has 0 aliphatic carbocycles. The Morgan fingerprint density at radius 3 is 2.75 bits per heavy atom. The molecule has 1 amide bonds. The van der Waals surface area contributed by atoms with Crippen LogP contribution in [0.15, 0.2) is 29.8 Å². The molecule has 108 valence electrons. The normalized spacial score (nSPS) is 14.9. The van der Waals surface area contributed by atoms with Gasteiger partial charge in [0.2, 0.25) is 0 Å². The Labute approximate surface area is 119 Å². The van der Waals surface area contributed by atoms with Gasteiger partial charge in [-0.1, -0.05) is 6.08 Å². The summed E-state index contributed by atoms with van der Waals surface area (Å²) in [5, 5.41) is 0. The van der Waals surface area contributed by atoms with E-state index < -0.39 is 0 Å². The van der Waals surface area contributed by atoms with Gasteiger partial charge in [-0.25, -0.2) is 0 Å². The molecular formula is C15H20N2O3. The molecule has 1 aliphatic rings. The number of rotatable bonds is 4. The molecule has 2 N–H and O–H groups in total. The van der Waals surface area contributed by atoms with Crippen molar-refractivity contribution in [1.29, 1.82) is 0 Å². The topological polar surface area (TPSA) is 64.8 Å². The average Bonchev–Trinajstić information content (AvgIpc) is 2.47. The van der Waals surface area contributed by atoms with Gasteiger partial charge in [0.15, 0.2) is 0 Å². The summed E-state index contributed by atoms with van der Waals surface area (Å²) in [6, 6.07) is 5.13. The number of methoxy groups -OCH3 is 2. The third-order valence-electron chi connectivity index (χ3n) is 3.41. The van der Waals surface area contributed by atoms with Crippen molar-refractivity contribution in [1.82, 2.24) is 4.90 Å². The molecule has 2 rings (SSSR count). The Morgan fingerprint density at radius 1 is 1.40 bits per heavy atom. The minimum Gasteiger partial charge on any atom is -0.497 e. The van der Waals surface area contributed by atoms with Gasteiger partial charge in [-0.15, -0.1) is 0 Å². The van der Waals surface area contributed by atoms with Crippen molar-refractivity contribution in [2.24, 2.45) is 0 Å². The summed E-state index contributed by atoms with van der Waals surface area (Å²) >= 11 is 0. The van der Waals surface area contributed by atoms with Gasteiger partial charge in [-0.2, -0.15) is 0 Å². The molecule has 1 aromatic carbocycles. The third kappa shape index (κ3) is 3.11. The minimum absolute atomic E-state index is 0.0436. The van der Waals surface area contributed by atoms with Crippen molar-refractivity contribution in [2.45, 2.75) is 6.42 Å². The fourth-order valence-electron chi connectivity index (χ4n) is 2.25. The van der Waals surface area contributed by atoms with Crippen molar-refractivity contribution >= 4 is 11.6 Å². The van der Waals surface area contributed by atoms with Crippen LogP contribution in [0.25, 0.3) is 0 Å². The number of benzene rings is 1. The highest BCUT2D eigenvalue weighted by molar-refractivity contribution is 5.99. The highest BCUT2D eigenvalue weighted by atomic mass is 16.5. The molecule has 0 fully saturated rings. The second-order valence-electron chi connectivity index (χ2n) is 4.75.